The molecule has 2 aromatic rings. The minimum Gasteiger partial charge on any atom is -0.399 e. The van der Waals surface area contributed by atoms with Crippen LogP contribution in [0.1, 0.15) is 53.9 Å². The molecular weight excluding hydrogens is 287 g/mol. The molecule has 5 heteroatoms. The number of hydrogen-bond acceptors (Lipinski definition) is 3. The zero-order chi connectivity index (χ0) is 16.7. The molecule has 4 nitrogen and oxygen atoms in total. The minimum atomic E-state index is -0.336. The number of nitrogens with zero attached hydrogens (tertiary/aromatic N) is 2. The molecular formula is C18H27BN2O2. The maximum Gasteiger partial charge on any atom is 0.495 e. The second-order valence-electron chi connectivity index (χ2n) is 7.44. The van der Waals surface area contributed by atoms with E-state index >= 15 is 0 Å². The van der Waals surface area contributed by atoms with Crippen LogP contribution in [0.5, 0.6) is 0 Å². The van der Waals surface area contributed by atoms with Crippen molar-refractivity contribution in [2.24, 2.45) is 0 Å². The molecule has 0 aliphatic carbocycles. The molecule has 0 radical (unpaired) electrons. The van der Waals surface area contributed by atoms with Gasteiger partial charge in [0.2, 0.25) is 0 Å². The van der Waals surface area contributed by atoms with Crippen LogP contribution in [0.25, 0.3) is 10.9 Å². The maximum atomic E-state index is 6.21. The number of benzene rings is 1. The Balaban J connectivity index is 1.91. The fourth-order valence-corrected chi connectivity index (χ4v) is 2.99. The number of aromatic nitrogens is 2. The van der Waals surface area contributed by atoms with E-state index in [1.54, 1.807) is 0 Å². The van der Waals surface area contributed by atoms with Crippen LogP contribution < -0.4 is 5.46 Å². The summed E-state index contributed by atoms with van der Waals surface area (Å²) < 4.78 is 14.5. The van der Waals surface area contributed by atoms with E-state index in [2.05, 4.69) is 62.6 Å². The third-order valence-electron chi connectivity index (χ3n) is 5.20. The first-order chi connectivity index (χ1) is 10.9. The average molecular weight is 314 g/mol. The van der Waals surface area contributed by atoms with Gasteiger partial charge in [0.25, 0.3) is 0 Å². The third kappa shape index (κ3) is 2.92. The van der Waals surface area contributed by atoms with Crippen molar-refractivity contribution < 1.29 is 9.31 Å². The molecule has 0 bridgehead atoms. The van der Waals surface area contributed by atoms with Gasteiger partial charge in [-0.1, -0.05) is 31.9 Å². The lowest BCUT2D eigenvalue weighted by atomic mass is 9.77. The molecule has 2 heterocycles. The van der Waals surface area contributed by atoms with Crippen LogP contribution in [0.2, 0.25) is 0 Å². The molecule has 0 unspecified atom stereocenters. The smallest absolute Gasteiger partial charge is 0.399 e. The van der Waals surface area contributed by atoms with Crippen LogP contribution >= 0.6 is 0 Å². The lowest BCUT2D eigenvalue weighted by Crippen LogP contribution is -2.41. The van der Waals surface area contributed by atoms with Crippen molar-refractivity contribution in [3.8, 4) is 0 Å². The largest absolute Gasteiger partial charge is 0.495 e. The molecule has 0 spiro atoms. The Bertz CT molecular complexity index is 677. The summed E-state index contributed by atoms with van der Waals surface area (Å²) in [6.45, 7) is 11.5. The number of fused-ring (bicyclic) bond motifs is 1. The van der Waals surface area contributed by atoms with E-state index < -0.39 is 0 Å². The summed E-state index contributed by atoms with van der Waals surface area (Å²) in [7, 11) is -0.336. The Hall–Kier alpha value is -1.33. The normalized spacial score (nSPS) is 19.6. The van der Waals surface area contributed by atoms with E-state index in [0.717, 1.165) is 29.3 Å². The van der Waals surface area contributed by atoms with Crippen LogP contribution in [-0.4, -0.2) is 28.1 Å². The van der Waals surface area contributed by atoms with Crippen molar-refractivity contribution in [1.29, 1.82) is 0 Å². The van der Waals surface area contributed by atoms with Crippen molar-refractivity contribution >= 4 is 23.5 Å². The van der Waals surface area contributed by atoms with Crippen molar-refractivity contribution in [3.63, 3.8) is 0 Å². The first-order valence-electron chi connectivity index (χ1n) is 8.66. The van der Waals surface area contributed by atoms with Crippen LogP contribution in [0.15, 0.2) is 24.4 Å². The van der Waals surface area contributed by atoms with Gasteiger partial charge in [0, 0.05) is 11.9 Å². The van der Waals surface area contributed by atoms with E-state index in [1.165, 1.54) is 12.8 Å². The Morgan fingerprint density at radius 3 is 2.43 bits per heavy atom. The molecule has 1 fully saturated rings. The topological polar surface area (TPSA) is 36.3 Å². The van der Waals surface area contributed by atoms with Crippen molar-refractivity contribution in [2.45, 2.75) is 71.6 Å². The van der Waals surface area contributed by atoms with Gasteiger partial charge in [0.15, 0.2) is 0 Å². The predicted octanol–water partition coefficient (Wildman–Crippen LogP) is 3.53. The van der Waals surface area contributed by atoms with Gasteiger partial charge in [0.05, 0.1) is 22.9 Å². The molecule has 23 heavy (non-hydrogen) atoms. The lowest BCUT2D eigenvalue weighted by Gasteiger charge is -2.32. The van der Waals surface area contributed by atoms with E-state index in [1.807, 2.05) is 6.20 Å². The highest BCUT2D eigenvalue weighted by Gasteiger charge is 2.52. The van der Waals surface area contributed by atoms with Gasteiger partial charge >= 0.3 is 7.12 Å². The third-order valence-corrected chi connectivity index (χ3v) is 5.20. The standard InChI is InChI=1S/C18H27BN2O2/c1-6-7-8-12-21-16-11-9-10-15(14(16)13-20-21)19-22-17(2,3)18(4,5)23-19/h9-11,13H,6-8,12H2,1-5H3. The summed E-state index contributed by atoms with van der Waals surface area (Å²) in [5.41, 5.74) is 1.59. The molecule has 1 aromatic heterocycles. The van der Waals surface area contributed by atoms with Crippen LogP contribution in [-0.2, 0) is 15.9 Å². The second kappa shape index (κ2) is 5.95. The van der Waals surface area contributed by atoms with E-state index in [-0.39, 0.29) is 18.3 Å². The van der Waals surface area contributed by atoms with Crippen LogP contribution in [0.3, 0.4) is 0 Å². The molecule has 3 rings (SSSR count). The Kier molecular flexibility index (Phi) is 4.28. The Labute approximate surface area is 139 Å². The van der Waals surface area contributed by atoms with Gasteiger partial charge in [-0.25, -0.2) is 0 Å². The van der Waals surface area contributed by atoms with Gasteiger partial charge in [-0.05, 0) is 45.6 Å². The average Bonchev–Trinajstić information content (AvgIpc) is 2.98. The van der Waals surface area contributed by atoms with E-state index in [9.17, 15) is 0 Å². The maximum absolute atomic E-state index is 6.21. The number of rotatable bonds is 5. The highest BCUT2D eigenvalue weighted by Crippen LogP contribution is 2.37. The van der Waals surface area contributed by atoms with Gasteiger partial charge in [-0.3, -0.25) is 4.68 Å². The number of hydrogen-bond donors (Lipinski definition) is 0. The van der Waals surface area contributed by atoms with Crippen molar-refractivity contribution in [2.75, 3.05) is 0 Å². The number of aryl methyl sites for hydroxylation is 1. The van der Waals surface area contributed by atoms with Gasteiger partial charge in [-0.2, -0.15) is 5.10 Å². The van der Waals surface area contributed by atoms with E-state index in [0.29, 0.717) is 0 Å². The van der Waals surface area contributed by atoms with Crippen molar-refractivity contribution in [3.05, 3.63) is 24.4 Å². The van der Waals surface area contributed by atoms with Crippen LogP contribution in [0.4, 0.5) is 0 Å². The van der Waals surface area contributed by atoms with Gasteiger partial charge < -0.3 is 9.31 Å². The molecule has 0 saturated carbocycles. The molecule has 124 valence electrons. The SMILES string of the molecule is CCCCCn1ncc2c(B3OC(C)(C)C(C)(C)O3)cccc21. The summed E-state index contributed by atoms with van der Waals surface area (Å²) >= 11 is 0. The zero-order valence-corrected chi connectivity index (χ0v) is 14.9. The van der Waals surface area contributed by atoms with Crippen molar-refractivity contribution in [1.82, 2.24) is 9.78 Å². The highest BCUT2D eigenvalue weighted by molar-refractivity contribution is 6.65. The van der Waals surface area contributed by atoms with E-state index in [4.69, 9.17) is 9.31 Å². The summed E-state index contributed by atoms with van der Waals surface area (Å²) in [5, 5.41) is 5.70. The first-order valence-corrected chi connectivity index (χ1v) is 8.66. The molecule has 0 amide bonds. The molecule has 1 aromatic carbocycles. The quantitative estimate of drug-likeness (QED) is 0.626. The summed E-state index contributed by atoms with van der Waals surface area (Å²) in [6, 6.07) is 6.28. The Morgan fingerprint density at radius 1 is 1.09 bits per heavy atom. The predicted molar refractivity (Wildman–Crippen MR) is 95.0 cm³/mol. The first kappa shape index (κ1) is 16.5. The summed E-state index contributed by atoms with van der Waals surface area (Å²) in [5.74, 6) is 0. The Morgan fingerprint density at radius 2 is 1.78 bits per heavy atom. The molecule has 0 N–H and O–H groups in total. The lowest BCUT2D eigenvalue weighted by molar-refractivity contribution is 0.00578. The van der Waals surface area contributed by atoms with Gasteiger partial charge in [0.1, 0.15) is 0 Å². The summed E-state index contributed by atoms with van der Waals surface area (Å²) in [6.07, 6.45) is 5.56. The van der Waals surface area contributed by atoms with Gasteiger partial charge in [-0.15, -0.1) is 0 Å². The highest BCUT2D eigenvalue weighted by atomic mass is 16.7. The molecule has 1 saturated heterocycles. The molecule has 0 atom stereocenters. The zero-order valence-electron chi connectivity index (χ0n) is 14.9. The fourth-order valence-electron chi connectivity index (χ4n) is 2.99. The monoisotopic (exact) mass is 314 g/mol. The summed E-state index contributed by atoms with van der Waals surface area (Å²) in [4.78, 5) is 0. The fraction of sp³-hybridized carbons (Fsp3) is 0.611. The minimum absolute atomic E-state index is 0.322. The van der Waals surface area contributed by atoms with Crippen LogP contribution in [0, 0.1) is 0 Å². The molecule has 1 aliphatic heterocycles. The number of unbranched alkanes of at least 4 members (excludes halogenated alkanes) is 2. The second-order valence-corrected chi connectivity index (χ2v) is 7.44. The molecule has 1 aliphatic rings.